The van der Waals surface area contributed by atoms with E-state index in [1.165, 1.54) is 12.8 Å². The van der Waals surface area contributed by atoms with Gasteiger partial charge in [-0.15, -0.1) is 11.8 Å². The van der Waals surface area contributed by atoms with Crippen LogP contribution in [0.2, 0.25) is 5.02 Å². The van der Waals surface area contributed by atoms with Crippen LogP contribution >= 0.6 is 23.4 Å². The zero-order valence-corrected chi connectivity index (χ0v) is 11.4. The molecule has 1 aliphatic rings. The second-order valence-corrected chi connectivity index (χ2v) is 5.66. The zero-order chi connectivity index (χ0) is 11.9. The van der Waals surface area contributed by atoms with Gasteiger partial charge < -0.3 is 10.1 Å². The fourth-order valence-corrected chi connectivity index (χ4v) is 3.01. The summed E-state index contributed by atoms with van der Waals surface area (Å²) in [5.41, 5.74) is 0. The van der Waals surface area contributed by atoms with Crippen LogP contribution in [0.1, 0.15) is 12.8 Å². The van der Waals surface area contributed by atoms with E-state index < -0.39 is 0 Å². The summed E-state index contributed by atoms with van der Waals surface area (Å²) in [5.74, 6) is 1.04. The van der Waals surface area contributed by atoms with Gasteiger partial charge in [0.2, 0.25) is 0 Å². The van der Waals surface area contributed by atoms with Crippen LogP contribution in [0.15, 0.2) is 29.2 Å². The SMILES string of the molecule is Clc1ccccc1SCCNCC1CCCO1. The monoisotopic (exact) mass is 271 g/mol. The highest BCUT2D eigenvalue weighted by Crippen LogP contribution is 2.25. The van der Waals surface area contributed by atoms with Gasteiger partial charge in [0.15, 0.2) is 0 Å². The first-order valence-electron chi connectivity index (χ1n) is 6.06. The van der Waals surface area contributed by atoms with Crippen molar-refractivity contribution in [1.82, 2.24) is 5.32 Å². The van der Waals surface area contributed by atoms with E-state index in [9.17, 15) is 0 Å². The zero-order valence-electron chi connectivity index (χ0n) is 9.82. The van der Waals surface area contributed by atoms with E-state index in [0.717, 1.165) is 35.4 Å². The van der Waals surface area contributed by atoms with Gasteiger partial charge in [0.05, 0.1) is 11.1 Å². The van der Waals surface area contributed by atoms with Gasteiger partial charge in [-0.2, -0.15) is 0 Å². The van der Waals surface area contributed by atoms with Crippen molar-refractivity contribution in [2.24, 2.45) is 0 Å². The molecule has 1 unspecified atom stereocenters. The second-order valence-electron chi connectivity index (χ2n) is 4.12. The molecule has 0 bridgehead atoms. The third kappa shape index (κ3) is 4.51. The maximum Gasteiger partial charge on any atom is 0.0700 e. The van der Waals surface area contributed by atoms with Crippen molar-refractivity contribution in [3.63, 3.8) is 0 Å². The summed E-state index contributed by atoms with van der Waals surface area (Å²) in [4.78, 5) is 1.16. The molecule has 1 aromatic carbocycles. The fraction of sp³-hybridized carbons (Fsp3) is 0.538. The normalized spacial score (nSPS) is 19.7. The molecule has 17 heavy (non-hydrogen) atoms. The molecule has 1 aliphatic heterocycles. The Balaban J connectivity index is 1.58. The summed E-state index contributed by atoms with van der Waals surface area (Å²) in [6.07, 6.45) is 2.84. The van der Waals surface area contributed by atoms with Gasteiger partial charge >= 0.3 is 0 Å². The highest BCUT2D eigenvalue weighted by Gasteiger charge is 2.14. The molecule has 94 valence electrons. The minimum atomic E-state index is 0.431. The number of hydrogen-bond donors (Lipinski definition) is 1. The minimum absolute atomic E-state index is 0.431. The molecule has 0 radical (unpaired) electrons. The van der Waals surface area contributed by atoms with E-state index in [-0.39, 0.29) is 0 Å². The number of thioether (sulfide) groups is 1. The summed E-state index contributed by atoms with van der Waals surface area (Å²) in [5, 5.41) is 4.27. The van der Waals surface area contributed by atoms with Crippen molar-refractivity contribution < 1.29 is 4.74 Å². The lowest BCUT2D eigenvalue weighted by molar-refractivity contribution is 0.110. The van der Waals surface area contributed by atoms with Crippen LogP contribution in [0, 0.1) is 0 Å². The molecule has 4 heteroatoms. The summed E-state index contributed by atoms with van der Waals surface area (Å²) < 4.78 is 5.55. The third-order valence-corrected chi connectivity index (χ3v) is 4.29. The number of ether oxygens (including phenoxy) is 1. The smallest absolute Gasteiger partial charge is 0.0700 e. The Labute approximate surface area is 112 Å². The standard InChI is InChI=1S/C13H18ClNOS/c14-12-5-1-2-6-13(12)17-9-7-15-10-11-4-3-8-16-11/h1-2,5-6,11,15H,3-4,7-10H2. The molecule has 1 atom stereocenters. The summed E-state index contributed by atoms with van der Waals surface area (Å²) in [6.45, 7) is 2.90. The van der Waals surface area contributed by atoms with Crippen molar-refractivity contribution in [2.75, 3.05) is 25.4 Å². The van der Waals surface area contributed by atoms with Gasteiger partial charge in [0.1, 0.15) is 0 Å². The highest BCUT2D eigenvalue weighted by atomic mass is 35.5. The van der Waals surface area contributed by atoms with E-state index in [1.54, 1.807) is 11.8 Å². The summed E-state index contributed by atoms with van der Waals surface area (Å²) in [7, 11) is 0. The molecule has 2 nitrogen and oxygen atoms in total. The van der Waals surface area contributed by atoms with Gasteiger partial charge in [-0.3, -0.25) is 0 Å². The number of rotatable bonds is 6. The predicted octanol–water partition coefficient (Wildman–Crippen LogP) is 3.20. The van der Waals surface area contributed by atoms with E-state index in [4.69, 9.17) is 16.3 Å². The predicted molar refractivity (Wildman–Crippen MR) is 74.0 cm³/mol. The minimum Gasteiger partial charge on any atom is -0.377 e. The van der Waals surface area contributed by atoms with Crippen molar-refractivity contribution >= 4 is 23.4 Å². The number of benzene rings is 1. The summed E-state index contributed by atoms with van der Waals surface area (Å²) >= 11 is 7.87. The Kier molecular flexibility index (Phi) is 5.65. The van der Waals surface area contributed by atoms with E-state index in [2.05, 4.69) is 11.4 Å². The van der Waals surface area contributed by atoms with Crippen LogP contribution in [0.25, 0.3) is 0 Å². The third-order valence-electron chi connectivity index (χ3n) is 2.77. The second kappa shape index (κ2) is 7.27. The van der Waals surface area contributed by atoms with Gasteiger partial charge in [-0.25, -0.2) is 0 Å². The fourth-order valence-electron chi connectivity index (χ4n) is 1.86. The first kappa shape index (κ1) is 13.2. The maximum absolute atomic E-state index is 6.08. The summed E-state index contributed by atoms with van der Waals surface area (Å²) in [6, 6.07) is 7.98. The molecule has 0 amide bonds. The van der Waals surface area contributed by atoms with Gasteiger partial charge in [-0.1, -0.05) is 23.7 Å². The topological polar surface area (TPSA) is 21.3 Å². The van der Waals surface area contributed by atoms with Gasteiger partial charge in [0.25, 0.3) is 0 Å². The van der Waals surface area contributed by atoms with Crippen molar-refractivity contribution in [3.05, 3.63) is 29.3 Å². The van der Waals surface area contributed by atoms with Gasteiger partial charge in [-0.05, 0) is 25.0 Å². The Bertz CT molecular complexity index is 342. The largest absolute Gasteiger partial charge is 0.377 e. The Hall–Kier alpha value is -0.220. The molecule has 1 fully saturated rings. The molecule has 0 saturated carbocycles. The molecule has 1 saturated heterocycles. The number of nitrogens with one attached hydrogen (secondary N) is 1. The number of halogens is 1. The average Bonchev–Trinajstić information content (AvgIpc) is 2.84. The molecule has 0 spiro atoms. The van der Waals surface area contributed by atoms with Crippen LogP contribution in [0.5, 0.6) is 0 Å². The van der Waals surface area contributed by atoms with Crippen molar-refractivity contribution in [3.8, 4) is 0 Å². The molecular formula is C13H18ClNOS. The van der Waals surface area contributed by atoms with Crippen LogP contribution in [0.4, 0.5) is 0 Å². The van der Waals surface area contributed by atoms with Gasteiger partial charge in [0, 0.05) is 30.3 Å². The van der Waals surface area contributed by atoms with Crippen molar-refractivity contribution in [2.45, 2.75) is 23.8 Å². The Morgan fingerprint density at radius 1 is 1.41 bits per heavy atom. The maximum atomic E-state index is 6.08. The molecule has 0 aliphatic carbocycles. The lowest BCUT2D eigenvalue weighted by atomic mass is 10.2. The molecule has 1 heterocycles. The van der Waals surface area contributed by atoms with Crippen LogP contribution < -0.4 is 5.32 Å². The van der Waals surface area contributed by atoms with Crippen molar-refractivity contribution in [1.29, 1.82) is 0 Å². The Morgan fingerprint density at radius 3 is 3.06 bits per heavy atom. The molecule has 2 rings (SSSR count). The van der Waals surface area contributed by atoms with E-state index in [0.29, 0.717) is 6.10 Å². The first-order chi connectivity index (χ1) is 8.36. The lowest BCUT2D eigenvalue weighted by Crippen LogP contribution is -2.27. The van der Waals surface area contributed by atoms with E-state index in [1.807, 2.05) is 18.2 Å². The number of hydrogen-bond acceptors (Lipinski definition) is 3. The van der Waals surface area contributed by atoms with Crippen LogP contribution in [-0.2, 0) is 4.74 Å². The Morgan fingerprint density at radius 2 is 2.29 bits per heavy atom. The first-order valence-corrected chi connectivity index (χ1v) is 7.42. The molecule has 0 aromatic heterocycles. The average molecular weight is 272 g/mol. The molecule has 1 N–H and O–H groups in total. The molecule has 1 aromatic rings. The van der Waals surface area contributed by atoms with Crippen LogP contribution in [-0.4, -0.2) is 31.6 Å². The quantitative estimate of drug-likeness (QED) is 0.634. The van der Waals surface area contributed by atoms with Crippen LogP contribution in [0.3, 0.4) is 0 Å². The highest BCUT2D eigenvalue weighted by molar-refractivity contribution is 7.99. The van der Waals surface area contributed by atoms with E-state index >= 15 is 0 Å². The molecular weight excluding hydrogens is 254 g/mol. The lowest BCUT2D eigenvalue weighted by Gasteiger charge is -2.10.